The Kier molecular flexibility index (Phi) is 5.44. The Morgan fingerprint density at radius 2 is 1.89 bits per heavy atom. The van der Waals surface area contributed by atoms with Crippen LogP contribution >= 0.6 is 0 Å². The van der Waals surface area contributed by atoms with Crippen LogP contribution in [0.3, 0.4) is 0 Å². The molecular formula is C21H22FNO4. The smallest absolute Gasteiger partial charge is 0.342 e. The second-order valence-corrected chi connectivity index (χ2v) is 6.73. The number of carbonyl (C=O) groups excluding carboxylic acids is 2. The van der Waals surface area contributed by atoms with Crippen LogP contribution in [-0.2, 0) is 16.1 Å². The Hall–Kier alpha value is -2.89. The number of hydrogen-bond acceptors (Lipinski definition) is 4. The first-order chi connectivity index (χ1) is 12.9. The van der Waals surface area contributed by atoms with Gasteiger partial charge in [0.25, 0.3) is 5.91 Å². The molecule has 0 saturated heterocycles. The predicted molar refractivity (Wildman–Crippen MR) is 98.1 cm³/mol. The summed E-state index contributed by atoms with van der Waals surface area (Å²) in [4.78, 5) is 24.7. The van der Waals surface area contributed by atoms with E-state index in [9.17, 15) is 14.0 Å². The van der Waals surface area contributed by atoms with Crippen LogP contribution < -0.4 is 10.1 Å². The summed E-state index contributed by atoms with van der Waals surface area (Å²) in [6.07, 6.45) is -0.990. The van der Waals surface area contributed by atoms with Gasteiger partial charge in [-0.3, -0.25) is 4.79 Å². The fourth-order valence-corrected chi connectivity index (χ4v) is 2.96. The van der Waals surface area contributed by atoms with Crippen LogP contribution in [0.15, 0.2) is 42.5 Å². The van der Waals surface area contributed by atoms with Crippen LogP contribution in [0.5, 0.6) is 5.75 Å². The van der Waals surface area contributed by atoms with E-state index in [1.54, 1.807) is 24.3 Å². The molecule has 2 aromatic carbocycles. The van der Waals surface area contributed by atoms with Crippen molar-refractivity contribution in [3.8, 4) is 5.75 Å². The van der Waals surface area contributed by atoms with E-state index in [1.165, 1.54) is 19.1 Å². The van der Waals surface area contributed by atoms with E-state index in [0.717, 1.165) is 11.1 Å². The third-order valence-corrected chi connectivity index (χ3v) is 4.80. The molecule has 1 aliphatic rings. The SMILES string of the molecule is C[C@H](OC(=O)c1cccc2c1O[C@H](C)[C@H]2C)C(=O)NCc1ccc(F)cc1. The maximum absolute atomic E-state index is 12.9. The molecule has 1 amide bonds. The highest BCUT2D eigenvalue weighted by molar-refractivity contribution is 5.95. The highest BCUT2D eigenvalue weighted by atomic mass is 19.1. The zero-order valence-electron chi connectivity index (χ0n) is 15.5. The lowest BCUT2D eigenvalue weighted by Gasteiger charge is -2.15. The summed E-state index contributed by atoms with van der Waals surface area (Å²) in [7, 11) is 0. The number of carbonyl (C=O) groups is 2. The van der Waals surface area contributed by atoms with Crippen LogP contribution in [-0.4, -0.2) is 24.1 Å². The van der Waals surface area contributed by atoms with Gasteiger partial charge in [0.2, 0.25) is 0 Å². The second-order valence-electron chi connectivity index (χ2n) is 6.73. The number of hydrogen-bond donors (Lipinski definition) is 1. The molecule has 0 bridgehead atoms. The van der Waals surface area contributed by atoms with Crippen molar-refractivity contribution in [2.24, 2.45) is 0 Å². The van der Waals surface area contributed by atoms with Crippen LogP contribution in [0.25, 0.3) is 0 Å². The Morgan fingerprint density at radius 3 is 2.59 bits per heavy atom. The summed E-state index contributed by atoms with van der Waals surface area (Å²) in [5.74, 6) is -0.653. The fraction of sp³-hybridized carbons (Fsp3) is 0.333. The molecule has 1 N–H and O–H groups in total. The Morgan fingerprint density at radius 1 is 1.19 bits per heavy atom. The highest BCUT2D eigenvalue weighted by Gasteiger charge is 2.32. The molecule has 6 heteroatoms. The molecule has 0 aliphatic carbocycles. The van der Waals surface area contributed by atoms with E-state index in [0.29, 0.717) is 11.3 Å². The largest absolute Gasteiger partial charge is 0.489 e. The van der Waals surface area contributed by atoms with Crippen LogP contribution in [0.4, 0.5) is 4.39 Å². The number of benzene rings is 2. The Balaban J connectivity index is 1.61. The first kappa shape index (κ1) is 18.9. The predicted octanol–water partition coefficient (Wildman–Crippen LogP) is 3.57. The molecule has 0 saturated carbocycles. The summed E-state index contributed by atoms with van der Waals surface area (Å²) >= 11 is 0. The quantitative estimate of drug-likeness (QED) is 0.816. The summed E-state index contributed by atoms with van der Waals surface area (Å²) in [5.41, 5.74) is 2.03. The Labute approximate surface area is 157 Å². The van der Waals surface area contributed by atoms with Gasteiger partial charge < -0.3 is 14.8 Å². The molecule has 2 aromatic rings. The number of para-hydroxylation sites is 1. The molecule has 1 aliphatic heterocycles. The van der Waals surface area contributed by atoms with Crippen LogP contribution in [0.2, 0.25) is 0 Å². The summed E-state index contributed by atoms with van der Waals surface area (Å²) in [5, 5.41) is 2.67. The van der Waals surface area contributed by atoms with Crippen molar-refractivity contribution in [1.29, 1.82) is 0 Å². The van der Waals surface area contributed by atoms with Crippen molar-refractivity contribution < 1.29 is 23.5 Å². The maximum atomic E-state index is 12.9. The normalized spacial score (nSPS) is 19.0. The monoisotopic (exact) mass is 371 g/mol. The van der Waals surface area contributed by atoms with Gasteiger partial charge >= 0.3 is 5.97 Å². The average molecular weight is 371 g/mol. The molecule has 0 unspecified atom stereocenters. The fourth-order valence-electron chi connectivity index (χ4n) is 2.96. The van der Waals surface area contributed by atoms with Crippen molar-refractivity contribution in [3.05, 3.63) is 65.0 Å². The van der Waals surface area contributed by atoms with Crippen LogP contribution in [0.1, 0.15) is 48.2 Å². The number of nitrogens with one attached hydrogen (secondary N) is 1. The van der Waals surface area contributed by atoms with Gasteiger partial charge in [-0.05, 0) is 37.6 Å². The van der Waals surface area contributed by atoms with Gasteiger partial charge in [-0.1, -0.05) is 31.2 Å². The van der Waals surface area contributed by atoms with E-state index in [-0.39, 0.29) is 24.4 Å². The topological polar surface area (TPSA) is 64.6 Å². The van der Waals surface area contributed by atoms with Gasteiger partial charge in [0.05, 0.1) is 0 Å². The average Bonchev–Trinajstić information content (AvgIpc) is 2.95. The zero-order chi connectivity index (χ0) is 19.6. The lowest BCUT2D eigenvalue weighted by molar-refractivity contribution is -0.129. The molecular weight excluding hydrogens is 349 g/mol. The van der Waals surface area contributed by atoms with E-state index in [1.807, 2.05) is 19.9 Å². The summed E-state index contributed by atoms with van der Waals surface area (Å²) < 4.78 is 24.0. The molecule has 0 fully saturated rings. The lowest BCUT2D eigenvalue weighted by atomic mass is 9.97. The molecule has 3 atom stereocenters. The second kappa shape index (κ2) is 7.78. The molecule has 0 spiro atoms. The molecule has 1 heterocycles. The number of esters is 1. The third-order valence-electron chi connectivity index (χ3n) is 4.80. The minimum Gasteiger partial charge on any atom is -0.489 e. The van der Waals surface area contributed by atoms with Gasteiger partial charge in [0.1, 0.15) is 23.2 Å². The van der Waals surface area contributed by atoms with E-state index in [4.69, 9.17) is 9.47 Å². The van der Waals surface area contributed by atoms with E-state index < -0.39 is 18.0 Å². The number of fused-ring (bicyclic) bond motifs is 1. The first-order valence-electron chi connectivity index (χ1n) is 8.89. The van der Waals surface area contributed by atoms with Gasteiger partial charge in [0, 0.05) is 18.0 Å². The standard InChI is InChI=1S/C21H22FNO4/c1-12-13(2)26-19-17(12)5-4-6-18(19)21(25)27-14(3)20(24)23-11-15-7-9-16(22)10-8-15/h4-10,12-14H,11H2,1-3H3,(H,23,24)/t12-,13-,14+/m1/s1. The van der Waals surface area contributed by atoms with Crippen molar-refractivity contribution in [1.82, 2.24) is 5.32 Å². The van der Waals surface area contributed by atoms with Crippen molar-refractivity contribution in [3.63, 3.8) is 0 Å². The van der Waals surface area contributed by atoms with Crippen LogP contribution in [0, 0.1) is 5.82 Å². The van der Waals surface area contributed by atoms with Gasteiger partial charge in [-0.15, -0.1) is 0 Å². The lowest BCUT2D eigenvalue weighted by Crippen LogP contribution is -2.35. The summed E-state index contributed by atoms with van der Waals surface area (Å²) in [6, 6.07) is 11.2. The molecule has 3 rings (SSSR count). The number of halogens is 1. The maximum Gasteiger partial charge on any atom is 0.342 e. The van der Waals surface area contributed by atoms with Gasteiger partial charge in [-0.2, -0.15) is 0 Å². The molecule has 0 radical (unpaired) electrons. The Bertz CT molecular complexity index is 850. The van der Waals surface area contributed by atoms with Crippen molar-refractivity contribution in [2.75, 3.05) is 0 Å². The van der Waals surface area contributed by atoms with Gasteiger partial charge in [-0.25, -0.2) is 9.18 Å². The molecule has 0 aromatic heterocycles. The molecule has 27 heavy (non-hydrogen) atoms. The zero-order valence-corrected chi connectivity index (χ0v) is 15.5. The van der Waals surface area contributed by atoms with Crippen molar-refractivity contribution >= 4 is 11.9 Å². The van der Waals surface area contributed by atoms with Crippen molar-refractivity contribution in [2.45, 2.75) is 45.4 Å². The summed E-state index contributed by atoms with van der Waals surface area (Å²) in [6.45, 7) is 5.72. The van der Waals surface area contributed by atoms with E-state index >= 15 is 0 Å². The first-order valence-corrected chi connectivity index (χ1v) is 8.89. The molecule has 142 valence electrons. The number of rotatable bonds is 5. The highest BCUT2D eigenvalue weighted by Crippen LogP contribution is 2.40. The minimum atomic E-state index is -0.968. The van der Waals surface area contributed by atoms with E-state index in [2.05, 4.69) is 5.32 Å². The molecule has 5 nitrogen and oxygen atoms in total. The third kappa shape index (κ3) is 4.10. The number of amides is 1. The minimum absolute atomic E-state index is 0.0228. The van der Waals surface area contributed by atoms with Gasteiger partial charge in [0.15, 0.2) is 6.10 Å². The number of ether oxygens (including phenoxy) is 2.